The van der Waals surface area contributed by atoms with Crippen LogP contribution in [0.4, 0.5) is 0 Å². The molecule has 0 radical (unpaired) electrons. The molecule has 0 fully saturated rings. The van der Waals surface area contributed by atoms with Crippen molar-refractivity contribution < 1.29 is 45.6 Å². The molecule has 0 unspecified atom stereocenters. The summed E-state index contributed by atoms with van der Waals surface area (Å²) in [7, 11) is 0. The van der Waals surface area contributed by atoms with Crippen molar-refractivity contribution in [1.82, 2.24) is 4.98 Å². The number of hydrogen-bond acceptors (Lipinski definition) is 3. The molecule has 0 atom stereocenters. The summed E-state index contributed by atoms with van der Waals surface area (Å²) in [5.41, 5.74) is 4.79. The van der Waals surface area contributed by atoms with E-state index >= 15 is 0 Å². The van der Waals surface area contributed by atoms with Gasteiger partial charge in [-0.15, -0.1) is 0 Å². The third kappa shape index (κ3) is 5.60. The van der Waals surface area contributed by atoms with Gasteiger partial charge in [-0.05, 0) is 66.3 Å². The molecule has 4 nitrogen and oxygen atoms in total. The topological polar surface area (TPSA) is 59.4 Å². The first-order chi connectivity index (χ1) is 14.5. The van der Waals surface area contributed by atoms with Crippen LogP contribution in [0.1, 0.15) is 48.0 Å². The number of halogens is 2. The van der Waals surface area contributed by atoms with Crippen LogP contribution in [0.2, 0.25) is 5.02 Å². The Morgan fingerprint density at radius 3 is 2.58 bits per heavy atom. The number of carbonyl (C=O) groups is 1. The van der Waals surface area contributed by atoms with Gasteiger partial charge in [-0.1, -0.05) is 57.9 Å². The van der Waals surface area contributed by atoms with E-state index in [1.54, 1.807) is 12.1 Å². The van der Waals surface area contributed by atoms with Gasteiger partial charge in [0.05, 0.1) is 10.7 Å². The minimum absolute atomic E-state index is 0. The van der Waals surface area contributed by atoms with E-state index in [1.807, 2.05) is 42.5 Å². The number of benzene rings is 2. The molecule has 4 rings (SSSR count). The summed E-state index contributed by atoms with van der Waals surface area (Å²) in [6.07, 6.45) is 2.68. The average molecular weight is 509 g/mol. The summed E-state index contributed by atoms with van der Waals surface area (Å²) in [6.45, 7) is 0.473. The number of carboxylic acid groups (broad SMARTS) is 1. The normalized spacial score (nSPS) is 13.1. The Hall–Kier alpha value is -1.63. The van der Waals surface area contributed by atoms with Crippen molar-refractivity contribution in [2.75, 3.05) is 0 Å². The standard InChI is InChI=1S/C24H19BrClNO3.Na.H/c25-16-9-12-22(30-14-15-5-2-1-3-6-15)19(13-16)17-7-4-8-18(17)21-11-10-20(26)23(27-21)24(28)29;;/h1-3,5-6,9-13H,4,7-8,14H2,(H,28,29);;/q;+1;-1. The summed E-state index contributed by atoms with van der Waals surface area (Å²) in [6, 6.07) is 19.4. The maximum absolute atomic E-state index is 11.5. The Labute approximate surface area is 218 Å². The molecular weight excluding hydrogens is 489 g/mol. The SMILES string of the molecule is O=C(O)c1nc(C2=C(c3cc(Br)ccc3OCc3ccccc3)CCC2)ccc1Cl.[H-].[Na+]. The van der Waals surface area contributed by atoms with E-state index in [0.717, 1.165) is 51.8 Å². The largest absolute Gasteiger partial charge is 1.00 e. The van der Waals surface area contributed by atoms with Gasteiger partial charge in [-0.2, -0.15) is 0 Å². The first kappa shape index (κ1) is 24.0. The molecule has 0 amide bonds. The van der Waals surface area contributed by atoms with E-state index < -0.39 is 5.97 Å². The predicted octanol–water partition coefficient (Wildman–Crippen LogP) is 3.99. The molecular formula is C24H20BrClNNaO3. The zero-order valence-electron chi connectivity index (χ0n) is 18.1. The Balaban J connectivity index is 0.00000181. The average Bonchev–Trinajstić information content (AvgIpc) is 3.23. The van der Waals surface area contributed by atoms with Gasteiger partial charge in [-0.3, -0.25) is 0 Å². The van der Waals surface area contributed by atoms with Crippen molar-refractivity contribution in [3.05, 3.63) is 92.7 Å². The molecule has 0 saturated carbocycles. The fourth-order valence-corrected chi connectivity index (χ4v) is 4.23. The van der Waals surface area contributed by atoms with Gasteiger partial charge in [0.2, 0.25) is 0 Å². The number of aromatic nitrogens is 1. The molecule has 7 heteroatoms. The van der Waals surface area contributed by atoms with Crippen molar-refractivity contribution in [3.63, 3.8) is 0 Å². The van der Waals surface area contributed by atoms with Crippen molar-refractivity contribution in [2.45, 2.75) is 25.9 Å². The van der Waals surface area contributed by atoms with Crippen LogP contribution >= 0.6 is 27.5 Å². The van der Waals surface area contributed by atoms with Gasteiger partial charge in [0.1, 0.15) is 12.4 Å². The van der Waals surface area contributed by atoms with Crippen LogP contribution in [0.5, 0.6) is 5.75 Å². The monoisotopic (exact) mass is 507 g/mol. The Morgan fingerprint density at radius 1 is 1.10 bits per heavy atom. The third-order valence-corrected chi connectivity index (χ3v) is 5.88. The molecule has 0 saturated heterocycles. The molecule has 0 bridgehead atoms. The van der Waals surface area contributed by atoms with E-state index in [2.05, 4.69) is 27.0 Å². The molecule has 154 valence electrons. The quantitative estimate of drug-likeness (QED) is 0.512. The maximum Gasteiger partial charge on any atom is 1.00 e. The van der Waals surface area contributed by atoms with Gasteiger partial charge in [0.25, 0.3) is 0 Å². The Bertz CT molecular complexity index is 1140. The van der Waals surface area contributed by atoms with Crippen molar-refractivity contribution in [1.29, 1.82) is 0 Å². The minimum Gasteiger partial charge on any atom is -1.00 e. The molecule has 31 heavy (non-hydrogen) atoms. The number of hydrogen-bond donors (Lipinski definition) is 1. The van der Waals surface area contributed by atoms with Crippen LogP contribution in [-0.4, -0.2) is 16.1 Å². The van der Waals surface area contributed by atoms with E-state index in [4.69, 9.17) is 16.3 Å². The number of allylic oxidation sites excluding steroid dienone is 2. The first-order valence-electron chi connectivity index (χ1n) is 9.62. The van der Waals surface area contributed by atoms with E-state index in [1.165, 1.54) is 0 Å². The molecule has 0 spiro atoms. The Kier molecular flexibility index (Phi) is 8.36. The second kappa shape index (κ2) is 10.8. The van der Waals surface area contributed by atoms with Crippen LogP contribution < -0.4 is 34.3 Å². The summed E-state index contributed by atoms with van der Waals surface area (Å²) in [4.78, 5) is 15.8. The van der Waals surface area contributed by atoms with Crippen LogP contribution in [0.15, 0.2) is 65.1 Å². The van der Waals surface area contributed by atoms with Gasteiger partial charge < -0.3 is 11.3 Å². The number of ether oxygens (including phenoxy) is 1. The van der Waals surface area contributed by atoms with E-state index in [9.17, 15) is 9.90 Å². The summed E-state index contributed by atoms with van der Waals surface area (Å²) in [5, 5.41) is 9.52. The van der Waals surface area contributed by atoms with Gasteiger partial charge in [0.15, 0.2) is 5.69 Å². The third-order valence-electron chi connectivity index (χ3n) is 5.08. The molecule has 1 aliphatic rings. The van der Waals surface area contributed by atoms with Gasteiger partial charge >= 0.3 is 35.5 Å². The van der Waals surface area contributed by atoms with Crippen LogP contribution in [-0.2, 0) is 6.61 Å². The fraction of sp³-hybridized carbons (Fsp3) is 0.167. The zero-order chi connectivity index (χ0) is 21.1. The summed E-state index contributed by atoms with van der Waals surface area (Å²) in [5.74, 6) is -0.333. The van der Waals surface area contributed by atoms with Crippen molar-refractivity contribution in [3.8, 4) is 5.75 Å². The molecule has 0 aliphatic heterocycles. The summed E-state index contributed by atoms with van der Waals surface area (Å²) >= 11 is 9.58. The number of pyridine rings is 1. The van der Waals surface area contributed by atoms with Crippen molar-refractivity contribution >= 4 is 44.6 Å². The maximum atomic E-state index is 11.5. The Morgan fingerprint density at radius 2 is 1.84 bits per heavy atom. The molecule has 1 aliphatic carbocycles. The molecule has 1 heterocycles. The van der Waals surface area contributed by atoms with Crippen LogP contribution in [0, 0.1) is 0 Å². The molecule has 3 aromatic rings. The summed E-state index contributed by atoms with van der Waals surface area (Å²) < 4.78 is 7.12. The second-order valence-corrected chi connectivity index (χ2v) is 8.38. The zero-order valence-corrected chi connectivity index (χ0v) is 21.4. The van der Waals surface area contributed by atoms with Gasteiger partial charge in [0, 0.05) is 10.0 Å². The predicted molar refractivity (Wildman–Crippen MR) is 123 cm³/mol. The second-order valence-electron chi connectivity index (χ2n) is 7.06. The number of aromatic carboxylic acids is 1. The van der Waals surface area contributed by atoms with Gasteiger partial charge in [-0.25, -0.2) is 9.78 Å². The van der Waals surface area contributed by atoms with Crippen molar-refractivity contribution in [2.24, 2.45) is 0 Å². The number of carboxylic acids is 1. The first-order valence-corrected chi connectivity index (χ1v) is 10.8. The van der Waals surface area contributed by atoms with E-state index in [0.29, 0.717) is 12.3 Å². The molecule has 2 aromatic carbocycles. The minimum atomic E-state index is -1.13. The number of rotatable bonds is 6. The molecule has 1 aromatic heterocycles. The smallest absolute Gasteiger partial charge is 1.00 e. The van der Waals surface area contributed by atoms with E-state index in [-0.39, 0.29) is 41.7 Å². The number of nitrogens with zero attached hydrogens (tertiary/aromatic N) is 1. The fourth-order valence-electron chi connectivity index (χ4n) is 3.68. The molecule has 1 N–H and O–H groups in total. The van der Waals surface area contributed by atoms with Crippen LogP contribution in [0.3, 0.4) is 0 Å². The van der Waals surface area contributed by atoms with Crippen LogP contribution in [0.25, 0.3) is 11.1 Å².